The van der Waals surface area contributed by atoms with Gasteiger partial charge in [-0.1, -0.05) is 11.6 Å². The molecule has 0 unspecified atom stereocenters. The van der Waals surface area contributed by atoms with Crippen LogP contribution in [0.4, 0.5) is 5.69 Å². The molecule has 1 aromatic carbocycles. The third-order valence-electron chi connectivity index (χ3n) is 3.31. The molecule has 0 radical (unpaired) electrons. The van der Waals surface area contributed by atoms with Gasteiger partial charge in [0.15, 0.2) is 0 Å². The number of benzene rings is 1. The van der Waals surface area contributed by atoms with Crippen molar-refractivity contribution in [2.45, 2.75) is 12.6 Å². The minimum Gasteiger partial charge on any atom is -0.349 e. The highest BCUT2D eigenvalue weighted by molar-refractivity contribution is 6.31. The number of hydrogen-bond donors (Lipinski definition) is 2. The lowest BCUT2D eigenvalue weighted by molar-refractivity contribution is 0.0926. The SMILES string of the molecule is O=C1N[C@@H]2CCNCCN2c2cc(Cl)ccc21. The molecule has 2 aliphatic heterocycles. The van der Waals surface area contributed by atoms with E-state index in [0.717, 1.165) is 31.7 Å². The number of fused-ring (bicyclic) bond motifs is 3. The summed E-state index contributed by atoms with van der Waals surface area (Å²) in [5, 5.41) is 7.05. The summed E-state index contributed by atoms with van der Waals surface area (Å²) < 4.78 is 0. The molecule has 1 amide bonds. The number of amides is 1. The maximum Gasteiger partial charge on any atom is 0.254 e. The van der Waals surface area contributed by atoms with Crippen LogP contribution in [0.15, 0.2) is 18.2 Å². The zero-order chi connectivity index (χ0) is 11.8. The molecule has 90 valence electrons. The molecule has 1 atom stereocenters. The van der Waals surface area contributed by atoms with E-state index in [2.05, 4.69) is 15.5 Å². The van der Waals surface area contributed by atoms with Crippen LogP contribution >= 0.6 is 11.6 Å². The van der Waals surface area contributed by atoms with E-state index in [-0.39, 0.29) is 12.1 Å². The van der Waals surface area contributed by atoms with Gasteiger partial charge in [0.1, 0.15) is 6.17 Å². The lowest BCUT2D eigenvalue weighted by Gasteiger charge is -2.37. The second-order valence-corrected chi connectivity index (χ2v) is 4.82. The highest BCUT2D eigenvalue weighted by Gasteiger charge is 2.31. The average Bonchev–Trinajstić information content (AvgIpc) is 2.54. The number of nitrogens with zero attached hydrogens (tertiary/aromatic N) is 1. The lowest BCUT2D eigenvalue weighted by Crippen LogP contribution is -2.53. The van der Waals surface area contributed by atoms with Crippen LogP contribution in [0.25, 0.3) is 0 Å². The fourth-order valence-electron chi connectivity index (χ4n) is 2.48. The van der Waals surface area contributed by atoms with E-state index in [9.17, 15) is 4.79 Å². The predicted octanol–water partition coefficient (Wildman–Crippen LogP) is 1.21. The second-order valence-electron chi connectivity index (χ2n) is 4.38. The molecule has 1 saturated heterocycles. The van der Waals surface area contributed by atoms with Crippen LogP contribution in [-0.2, 0) is 0 Å². The first-order valence-corrected chi connectivity index (χ1v) is 6.21. The predicted molar refractivity (Wildman–Crippen MR) is 67.5 cm³/mol. The van der Waals surface area contributed by atoms with Gasteiger partial charge in [0.05, 0.1) is 11.3 Å². The zero-order valence-electron chi connectivity index (χ0n) is 9.37. The highest BCUT2D eigenvalue weighted by Crippen LogP contribution is 2.30. The Bertz CT molecular complexity index is 463. The molecular weight excluding hydrogens is 238 g/mol. The molecule has 1 fully saturated rings. The van der Waals surface area contributed by atoms with Crippen LogP contribution < -0.4 is 15.5 Å². The Morgan fingerprint density at radius 1 is 1.35 bits per heavy atom. The van der Waals surface area contributed by atoms with Crippen molar-refractivity contribution < 1.29 is 4.79 Å². The van der Waals surface area contributed by atoms with E-state index < -0.39 is 0 Å². The van der Waals surface area contributed by atoms with E-state index in [1.807, 2.05) is 6.07 Å². The third kappa shape index (κ3) is 1.87. The summed E-state index contributed by atoms with van der Waals surface area (Å²) in [6, 6.07) is 5.44. The van der Waals surface area contributed by atoms with Crippen LogP contribution in [-0.4, -0.2) is 31.7 Å². The molecule has 0 spiro atoms. The van der Waals surface area contributed by atoms with Crippen molar-refractivity contribution >= 4 is 23.2 Å². The Morgan fingerprint density at radius 2 is 2.24 bits per heavy atom. The standard InChI is InChI=1S/C12H14ClN3O/c13-8-1-2-9-10(7-8)16-6-5-14-4-3-11(16)15-12(9)17/h1-2,7,11,14H,3-6H2,(H,15,17)/t11-/m0/s1. The summed E-state index contributed by atoms with van der Waals surface area (Å²) in [5.74, 6) is -0.000170. The van der Waals surface area contributed by atoms with Gasteiger partial charge in [-0.2, -0.15) is 0 Å². The van der Waals surface area contributed by atoms with E-state index in [1.54, 1.807) is 12.1 Å². The summed E-state index contributed by atoms with van der Waals surface area (Å²) in [6.07, 6.45) is 1.00. The van der Waals surface area contributed by atoms with Gasteiger partial charge >= 0.3 is 0 Å². The normalized spacial score (nSPS) is 23.5. The number of anilines is 1. The van der Waals surface area contributed by atoms with Gasteiger partial charge < -0.3 is 15.5 Å². The van der Waals surface area contributed by atoms with Crippen molar-refractivity contribution in [2.24, 2.45) is 0 Å². The van der Waals surface area contributed by atoms with Gasteiger partial charge in [-0.15, -0.1) is 0 Å². The number of hydrogen-bond acceptors (Lipinski definition) is 3. The molecule has 0 saturated carbocycles. The number of carbonyl (C=O) groups excluding carboxylic acids is 1. The molecule has 17 heavy (non-hydrogen) atoms. The topological polar surface area (TPSA) is 44.4 Å². The Hall–Kier alpha value is -1.26. The highest BCUT2D eigenvalue weighted by atomic mass is 35.5. The largest absolute Gasteiger partial charge is 0.349 e. The van der Waals surface area contributed by atoms with Gasteiger partial charge in [-0.25, -0.2) is 0 Å². The number of rotatable bonds is 0. The Balaban J connectivity index is 2.06. The van der Waals surface area contributed by atoms with Crippen molar-refractivity contribution in [2.75, 3.05) is 24.5 Å². The van der Waals surface area contributed by atoms with Crippen molar-refractivity contribution in [3.63, 3.8) is 0 Å². The lowest BCUT2D eigenvalue weighted by atomic mass is 10.1. The number of nitrogens with one attached hydrogen (secondary N) is 2. The molecular formula is C12H14ClN3O. The Morgan fingerprint density at radius 3 is 3.12 bits per heavy atom. The molecule has 2 aliphatic rings. The molecule has 5 heteroatoms. The maximum atomic E-state index is 12.0. The van der Waals surface area contributed by atoms with E-state index in [0.29, 0.717) is 10.6 Å². The summed E-state index contributed by atoms with van der Waals surface area (Å²) >= 11 is 6.02. The fourth-order valence-corrected chi connectivity index (χ4v) is 2.64. The fraction of sp³-hybridized carbons (Fsp3) is 0.417. The van der Waals surface area contributed by atoms with Crippen LogP contribution in [0, 0.1) is 0 Å². The van der Waals surface area contributed by atoms with Crippen LogP contribution in [0.2, 0.25) is 5.02 Å². The van der Waals surface area contributed by atoms with Gasteiger partial charge in [0.25, 0.3) is 5.91 Å². The summed E-state index contributed by atoms with van der Waals surface area (Å²) in [4.78, 5) is 14.2. The zero-order valence-corrected chi connectivity index (χ0v) is 10.1. The second kappa shape index (κ2) is 4.20. The van der Waals surface area contributed by atoms with Crippen molar-refractivity contribution in [3.8, 4) is 0 Å². The first-order chi connectivity index (χ1) is 8.25. The van der Waals surface area contributed by atoms with E-state index >= 15 is 0 Å². The van der Waals surface area contributed by atoms with Crippen LogP contribution in [0.1, 0.15) is 16.8 Å². The average molecular weight is 252 g/mol. The van der Waals surface area contributed by atoms with E-state index in [1.165, 1.54) is 0 Å². The smallest absolute Gasteiger partial charge is 0.254 e. The minimum atomic E-state index is -0.000170. The molecule has 0 bridgehead atoms. The monoisotopic (exact) mass is 251 g/mol. The third-order valence-corrected chi connectivity index (χ3v) is 3.55. The number of halogens is 1. The Kier molecular flexibility index (Phi) is 2.68. The van der Waals surface area contributed by atoms with Gasteiger partial charge in [-0.3, -0.25) is 4.79 Å². The van der Waals surface area contributed by atoms with E-state index in [4.69, 9.17) is 11.6 Å². The molecule has 4 nitrogen and oxygen atoms in total. The van der Waals surface area contributed by atoms with Crippen molar-refractivity contribution in [3.05, 3.63) is 28.8 Å². The van der Waals surface area contributed by atoms with Gasteiger partial charge in [-0.05, 0) is 31.2 Å². The van der Waals surface area contributed by atoms with Crippen molar-refractivity contribution in [1.29, 1.82) is 0 Å². The molecule has 0 aromatic heterocycles. The molecule has 2 heterocycles. The minimum absolute atomic E-state index is 0.000170. The summed E-state index contributed by atoms with van der Waals surface area (Å²) in [5.41, 5.74) is 1.67. The molecule has 1 aromatic rings. The van der Waals surface area contributed by atoms with Gasteiger partial charge in [0.2, 0.25) is 0 Å². The van der Waals surface area contributed by atoms with Crippen molar-refractivity contribution in [1.82, 2.24) is 10.6 Å². The maximum absolute atomic E-state index is 12.0. The summed E-state index contributed by atoms with van der Waals surface area (Å²) in [6.45, 7) is 2.74. The van der Waals surface area contributed by atoms with Crippen LogP contribution in [0.5, 0.6) is 0 Å². The molecule has 0 aliphatic carbocycles. The first-order valence-electron chi connectivity index (χ1n) is 5.83. The van der Waals surface area contributed by atoms with Gasteiger partial charge in [0, 0.05) is 18.1 Å². The first kappa shape index (κ1) is 10.9. The molecule has 2 N–H and O–H groups in total. The Labute approximate surface area is 105 Å². The number of carbonyl (C=O) groups is 1. The molecule has 3 rings (SSSR count). The quantitative estimate of drug-likeness (QED) is 0.729. The summed E-state index contributed by atoms with van der Waals surface area (Å²) in [7, 11) is 0. The van der Waals surface area contributed by atoms with Crippen LogP contribution in [0.3, 0.4) is 0 Å².